The van der Waals surface area contributed by atoms with Crippen LogP contribution >= 0.6 is 11.8 Å². The molecule has 0 spiro atoms. The standard InChI is InChI=1S/C14H18N2O3S/c1-10(20-2)5-8-16-14(19)12-6-7-15-9-11(12)3-4-13(17)18/h3-4,6-7,9-10H,5,8H2,1-2H3,(H,16,19)(H,17,18)/b4-3+. The number of carbonyl (C=O) groups is 2. The number of nitrogens with zero attached hydrogens (tertiary/aromatic N) is 1. The smallest absolute Gasteiger partial charge is 0.328 e. The van der Waals surface area contributed by atoms with Crippen LogP contribution in [-0.4, -0.2) is 40.0 Å². The number of thioether (sulfide) groups is 1. The number of carbonyl (C=O) groups excluding carboxylic acids is 1. The average Bonchev–Trinajstić information content (AvgIpc) is 2.45. The lowest BCUT2D eigenvalue weighted by Crippen LogP contribution is -2.26. The van der Waals surface area contributed by atoms with Crippen LogP contribution in [0.1, 0.15) is 29.3 Å². The number of pyridine rings is 1. The molecule has 1 amide bonds. The maximum Gasteiger partial charge on any atom is 0.328 e. The molecular formula is C14H18N2O3S. The number of carboxylic acid groups (broad SMARTS) is 1. The molecule has 6 heteroatoms. The van der Waals surface area contributed by atoms with E-state index in [-0.39, 0.29) is 5.91 Å². The van der Waals surface area contributed by atoms with E-state index in [1.165, 1.54) is 18.5 Å². The van der Waals surface area contributed by atoms with Gasteiger partial charge in [0.1, 0.15) is 0 Å². The summed E-state index contributed by atoms with van der Waals surface area (Å²) in [7, 11) is 0. The van der Waals surface area contributed by atoms with E-state index in [9.17, 15) is 9.59 Å². The number of carboxylic acids is 1. The Bertz CT molecular complexity index is 503. The van der Waals surface area contributed by atoms with Crippen molar-refractivity contribution in [1.29, 1.82) is 0 Å². The number of aliphatic carboxylic acids is 1. The van der Waals surface area contributed by atoms with Crippen molar-refractivity contribution < 1.29 is 14.7 Å². The van der Waals surface area contributed by atoms with Gasteiger partial charge in [0.15, 0.2) is 0 Å². The third kappa shape index (κ3) is 5.44. The van der Waals surface area contributed by atoms with Crippen LogP contribution in [0.25, 0.3) is 6.08 Å². The third-order valence-electron chi connectivity index (χ3n) is 2.74. The summed E-state index contributed by atoms with van der Waals surface area (Å²) < 4.78 is 0. The minimum Gasteiger partial charge on any atom is -0.478 e. The number of rotatable bonds is 7. The summed E-state index contributed by atoms with van der Waals surface area (Å²) >= 11 is 1.75. The van der Waals surface area contributed by atoms with E-state index in [0.29, 0.717) is 22.9 Å². The SMILES string of the molecule is CSC(C)CCNC(=O)c1ccncc1/C=C/C(=O)O. The van der Waals surface area contributed by atoms with Crippen LogP contribution in [0.15, 0.2) is 24.5 Å². The van der Waals surface area contributed by atoms with E-state index in [1.54, 1.807) is 17.8 Å². The first-order valence-corrected chi connectivity index (χ1v) is 7.49. The molecule has 0 aromatic carbocycles. The molecule has 1 rings (SSSR count). The maximum atomic E-state index is 12.1. The summed E-state index contributed by atoms with van der Waals surface area (Å²) in [5.74, 6) is -1.28. The Kier molecular flexibility index (Phi) is 6.79. The lowest BCUT2D eigenvalue weighted by Gasteiger charge is -2.10. The van der Waals surface area contributed by atoms with Gasteiger partial charge in [-0.3, -0.25) is 9.78 Å². The number of hydrogen-bond acceptors (Lipinski definition) is 4. The fourth-order valence-corrected chi connectivity index (χ4v) is 1.86. The molecule has 20 heavy (non-hydrogen) atoms. The van der Waals surface area contributed by atoms with Gasteiger partial charge in [0.25, 0.3) is 5.91 Å². The van der Waals surface area contributed by atoms with Crippen molar-refractivity contribution in [3.8, 4) is 0 Å². The first-order valence-electron chi connectivity index (χ1n) is 6.20. The van der Waals surface area contributed by atoms with E-state index < -0.39 is 5.97 Å². The van der Waals surface area contributed by atoms with Crippen molar-refractivity contribution in [3.05, 3.63) is 35.7 Å². The van der Waals surface area contributed by atoms with Gasteiger partial charge >= 0.3 is 5.97 Å². The van der Waals surface area contributed by atoms with E-state index in [2.05, 4.69) is 17.2 Å². The van der Waals surface area contributed by atoms with Gasteiger partial charge in [-0.15, -0.1) is 0 Å². The summed E-state index contributed by atoms with van der Waals surface area (Å²) in [6, 6.07) is 1.58. The second-order valence-electron chi connectivity index (χ2n) is 4.23. The maximum absolute atomic E-state index is 12.1. The molecule has 5 nitrogen and oxygen atoms in total. The topological polar surface area (TPSA) is 79.3 Å². The van der Waals surface area contributed by atoms with Crippen molar-refractivity contribution in [3.63, 3.8) is 0 Å². The molecule has 0 radical (unpaired) electrons. The minimum absolute atomic E-state index is 0.217. The molecule has 0 aliphatic carbocycles. The van der Waals surface area contributed by atoms with Crippen molar-refractivity contribution in [2.45, 2.75) is 18.6 Å². The van der Waals surface area contributed by atoms with Crippen molar-refractivity contribution in [2.75, 3.05) is 12.8 Å². The van der Waals surface area contributed by atoms with Gasteiger partial charge in [-0.25, -0.2) is 4.79 Å². The molecule has 1 aromatic rings. The van der Waals surface area contributed by atoms with Gasteiger partial charge in [0.05, 0.1) is 0 Å². The van der Waals surface area contributed by atoms with Gasteiger partial charge < -0.3 is 10.4 Å². The van der Waals surface area contributed by atoms with Crippen molar-refractivity contribution in [1.82, 2.24) is 10.3 Å². The van der Waals surface area contributed by atoms with E-state index in [0.717, 1.165) is 12.5 Å². The normalized spacial score (nSPS) is 12.3. The number of aromatic nitrogens is 1. The Morgan fingerprint density at radius 2 is 2.30 bits per heavy atom. The quantitative estimate of drug-likeness (QED) is 0.752. The van der Waals surface area contributed by atoms with Crippen LogP contribution in [0.5, 0.6) is 0 Å². The molecule has 0 fully saturated rings. The van der Waals surface area contributed by atoms with Gasteiger partial charge in [-0.05, 0) is 24.8 Å². The van der Waals surface area contributed by atoms with Gasteiger partial charge in [-0.2, -0.15) is 11.8 Å². The van der Waals surface area contributed by atoms with Gasteiger partial charge in [0.2, 0.25) is 0 Å². The van der Waals surface area contributed by atoms with Crippen LogP contribution in [-0.2, 0) is 4.79 Å². The highest BCUT2D eigenvalue weighted by Crippen LogP contribution is 2.11. The van der Waals surface area contributed by atoms with Crippen LogP contribution in [0, 0.1) is 0 Å². The largest absolute Gasteiger partial charge is 0.478 e. The predicted octanol–water partition coefficient (Wildman–Crippen LogP) is 2.05. The summed E-state index contributed by atoms with van der Waals surface area (Å²) in [5.41, 5.74) is 0.916. The highest BCUT2D eigenvalue weighted by atomic mass is 32.2. The second kappa shape index (κ2) is 8.37. The molecule has 0 saturated carbocycles. The number of nitrogens with one attached hydrogen (secondary N) is 1. The summed E-state index contributed by atoms with van der Waals surface area (Å²) in [5, 5.41) is 11.9. The molecule has 1 aromatic heterocycles. The zero-order chi connectivity index (χ0) is 15.0. The first-order chi connectivity index (χ1) is 9.54. The lowest BCUT2D eigenvalue weighted by atomic mass is 10.1. The number of hydrogen-bond donors (Lipinski definition) is 2. The van der Waals surface area contributed by atoms with E-state index in [4.69, 9.17) is 5.11 Å². The molecule has 1 unspecified atom stereocenters. The molecule has 1 atom stereocenters. The summed E-state index contributed by atoms with van der Waals surface area (Å²) in [6.45, 7) is 2.69. The van der Waals surface area contributed by atoms with Crippen LogP contribution < -0.4 is 5.32 Å². The molecule has 0 saturated heterocycles. The van der Waals surface area contributed by atoms with Crippen LogP contribution in [0.2, 0.25) is 0 Å². The molecule has 108 valence electrons. The van der Waals surface area contributed by atoms with Gasteiger partial charge in [-0.1, -0.05) is 6.92 Å². The summed E-state index contributed by atoms with van der Waals surface area (Å²) in [6.07, 6.45) is 8.26. The fourth-order valence-electron chi connectivity index (χ4n) is 1.51. The molecule has 1 heterocycles. The Labute approximate surface area is 122 Å². The van der Waals surface area contributed by atoms with Gasteiger partial charge in [0, 0.05) is 41.4 Å². The van der Waals surface area contributed by atoms with E-state index in [1.807, 2.05) is 6.26 Å². The molecule has 0 aliphatic rings. The highest BCUT2D eigenvalue weighted by Gasteiger charge is 2.10. The Balaban J connectivity index is 2.70. The predicted molar refractivity (Wildman–Crippen MR) is 80.8 cm³/mol. The zero-order valence-electron chi connectivity index (χ0n) is 11.5. The van der Waals surface area contributed by atoms with Crippen molar-refractivity contribution in [2.24, 2.45) is 0 Å². The Morgan fingerprint density at radius 1 is 1.55 bits per heavy atom. The third-order valence-corrected chi connectivity index (χ3v) is 3.78. The summed E-state index contributed by atoms with van der Waals surface area (Å²) in [4.78, 5) is 26.5. The van der Waals surface area contributed by atoms with E-state index >= 15 is 0 Å². The molecule has 0 aliphatic heterocycles. The zero-order valence-corrected chi connectivity index (χ0v) is 12.3. The fraction of sp³-hybridized carbons (Fsp3) is 0.357. The monoisotopic (exact) mass is 294 g/mol. The lowest BCUT2D eigenvalue weighted by molar-refractivity contribution is -0.131. The highest BCUT2D eigenvalue weighted by molar-refractivity contribution is 7.99. The molecular weight excluding hydrogens is 276 g/mol. The number of amides is 1. The minimum atomic E-state index is -1.06. The Hall–Kier alpha value is -1.82. The average molecular weight is 294 g/mol. The Morgan fingerprint density at radius 3 is 2.95 bits per heavy atom. The van der Waals surface area contributed by atoms with Crippen LogP contribution in [0.3, 0.4) is 0 Å². The van der Waals surface area contributed by atoms with Crippen molar-refractivity contribution >= 4 is 29.7 Å². The molecule has 0 bridgehead atoms. The first kappa shape index (κ1) is 16.2. The van der Waals surface area contributed by atoms with Crippen LogP contribution in [0.4, 0.5) is 0 Å². The molecule has 2 N–H and O–H groups in total. The second-order valence-corrected chi connectivity index (χ2v) is 5.50.